The van der Waals surface area contributed by atoms with E-state index in [2.05, 4.69) is 20.5 Å². The molecule has 4 rings (SSSR count). The van der Waals surface area contributed by atoms with Gasteiger partial charge in [0.25, 0.3) is 5.69 Å². The number of anilines is 1. The van der Waals surface area contributed by atoms with Gasteiger partial charge in [-0.05, 0) is 36.8 Å². The molecule has 160 valence electrons. The summed E-state index contributed by atoms with van der Waals surface area (Å²) in [6.07, 6.45) is 3.40. The van der Waals surface area contributed by atoms with E-state index >= 15 is 0 Å². The number of carbonyl (C=O) groups is 1. The topological polar surface area (TPSA) is 116 Å². The van der Waals surface area contributed by atoms with Gasteiger partial charge < -0.3 is 5.32 Å². The first kappa shape index (κ1) is 21.2. The number of nitrogens with zero attached hydrogens (tertiary/aromatic N) is 5. The van der Waals surface area contributed by atoms with Crippen LogP contribution in [0.1, 0.15) is 5.56 Å². The van der Waals surface area contributed by atoms with Gasteiger partial charge in [0.05, 0.1) is 16.4 Å². The third kappa shape index (κ3) is 4.65. The summed E-state index contributed by atoms with van der Waals surface area (Å²) >= 11 is 1.23. The zero-order chi connectivity index (χ0) is 22.5. The van der Waals surface area contributed by atoms with Crippen LogP contribution in [0.2, 0.25) is 0 Å². The summed E-state index contributed by atoms with van der Waals surface area (Å²) in [6.45, 7) is 1.99. The van der Waals surface area contributed by atoms with Crippen LogP contribution in [0.4, 0.5) is 11.4 Å². The molecule has 0 bridgehead atoms. The van der Waals surface area contributed by atoms with Gasteiger partial charge in [0, 0.05) is 35.8 Å². The highest BCUT2D eigenvalue weighted by molar-refractivity contribution is 7.99. The number of benzene rings is 2. The number of nitro benzene ring substituents is 1. The molecule has 9 nitrogen and oxygen atoms in total. The Balaban J connectivity index is 1.58. The fourth-order valence-electron chi connectivity index (χ4n) is 3.10. The van der Waals surface area contributed by atoms with Crippen LogP contribution in [-0.2, 0) is 4.79 Å². The second-order valence-electron chi connectivity index (χ2n) is 6.81. The number of amides is 1. The lowest BCUT2D eigenvalue weighted by molar-refractivity contribution is -0.384. The molecule has 0 atom stereocenters. The van der Waals surface area contributed by atoms with Gasteiger partial charge >= 0.3 is 0 Å². The first-order valence-corrected chi connectivity index (χ1v) is 10.6. The molecule has 32 heavy (non-hydrogen) atoms. The molecule has 0 aliphatic rings. The van der Waals surface area contributed by atoms with Crippen molar-refractivity contribution in [2.75, 3.05) is 11.1 Å². The van der Waals surface area contributed by atoms with E-state index in [4.69, 9.17) is 0 Å². The zero-order valence-corrected chi connectivity index (χ0v) is 17.8. The second kappa shape index (κ2) is 9.40. The molecule has 4 aromatic rings. The number of pyridine rings is 1. The minimum atomic E-state index is -0.505. The van der Waals surface area contributed by atoms with Crippen molar-refractivity contribution in [1.29, 1.82) is 0 Å². The predicted octanol–water partition coefficient (Wildman–Crippen LogP) is 4.28. The van der Waals surface area contributed by atoms with Gasteiger partial charge in [-0.3, -0.25) is 24.5 Å². The smallest absolute Gasteiger partial charge is 0.271 e. The van der Waals surface area contributed by atoms with E-state index in [1.165, 1.54) is 30.0 Å². The van der Waals surface area contributed by atoms with E-state index in [1.807, 2.05) is 47.9 Å². The largest absolute Gasteiger partial charge is 0.325 e. The average molecular weight is 446 g/mol. The van der Waals surface area contributed by atoms with Gasteiger partial charge in [0.1, 0.15) is 0 Å². The fraction of sp³-hybridized carbons (Fsp3) is 0.0909. The Morgan fingerprint density at radius 3 is 2.72 bits per heavy atom. The quantitative estimate of drug-likeness (QED) is 0.256. The summed E-state index contributed by atoms with van der Waals surface area (Å²) in [4.78, 5) is 27.1. The maximum absolute atomic E-state index is 12.5. The number of non-ortho nitro benzene ring substituents is 1. The van der Waals surface area contributed by atoms with Crippen LogP contribution in [0.3, 0.4) is 0 Å². The molecular formula is C22H18N6O3S. The Morgan fingerprint density at radius 2 is 1.97 bits per heavy atom. The molecule has 0 aliphatic carbocycles. The average Bonchev–Trinajstić information content (AvgIpc) is 3.22. The van der Waals surface area contributed by atoms with Gasteiger partial charge in [-0.2, -0.15) is 0 Å². The maximum Gasteiger partial charge on any atom is 0.271 e. The second-order valence-corrected chi connectivity index (χ2v) is 7.76. The van der Waals surface area contributed by atoms with Crippen LogP contribution in [0.15, 0.2) is 78.2 Å². The van der Waals surface area contributed by atoms with E-state index in [1.54, 1.807) is 18.5 Å². The number of para-hydroxylation sites is 1. The van der Waals surface area contributed by atoms with Crippen LogP contribution in [0.5, 0.6) is 0 Å². The third-order valence-electron chi connectivity index (χ3n) is 4.58. The lowest BCUT2D eigenvalue weighted by Crippen LogP contribution is -2.14. The van der Waals surface area contributed by atoms with Crippen LogP contribution in [0, 0.1) is 17.0 Å². The Morgan fingerprint density at radius 1 is 1.12 bits per heavy atom. The number of aryl methyl sites for hydroxylation is 1. The highest BCUT2D eigenvalue weighted by atomic mass is 32.2. The summed E-state index contributed by atoms with van der Waals surface area (Å²) < 4.78 is 1.90. The van der Waals surface area contributed by atoms with Crippen molar-refractivity contribution < 1.29 is 9.72 Å². The zero-order valence-electron chi connectivity index (χ0n) is 17.0. The molecule has 0 saturated carbocycles. The van der Waals surface area contributed by atoms with Crippen LogP contribution in [-0.4, -0.2) is 36.3 Å². The Bertz CT molecular complexity index is 1280. The molecule has 1 N–H and O–H groups in total. The molecule has 0 unspecified atom stereocenters. The number of rotatable bonds is 7. The number of nitrogens with one attached hydrogen (secondary N) is 1. The van der Waals surface area contributed by atoms with Crippen molar-refractivity contribution >= 4 is 29.0 Å². The molecule has 0 spiro atoms. The van der Waals surface area contributed by atoms with Crippen molar-refractivity contribution in [2.45, 2.75) is 12.1 Å². The molecule has 2 aromatic carbocycles. The highest BCUT2D eigenvalue weighted by Gasteiger charge is 2.19. The van der Waals surface area contributed by atoms with E-state index in [-0.39, 0.29) is 17.3 Å². The normalized spacial score (nSPS) is 10.7. The van der Waals surface area contributed by atoms with Crippen LogP contribution in [0.25, 0.3) is 17.1 Å². The summed E-state index contributed by atoms with van der Waals surface area (Å²) in [6, 6.07) is 17.4. The van der Waals surface area contributed by atoms with Crippen molar-refractivity contribution in [3.63, 3.8) is 0 Å². The van der Waals surface area contributed by atoms with E-state index < -0.39 is 4.92 Å². The first-order valence-electron chi connectivity index (χ1n) is 9.62. The minimum Gasteiger partial charge on any atom is -0.325 e. The lowest BCUT2D eigenvalue weighted by atomic mass is 10.2. The van der Waals surface area contributed by atoms with Crippen LogP contribution < -0.4 is 5.32 Å². The van der Waals surface area contributed by atoms with Crippen molar-refractivity contribution in [3.8, 4) is 17.1 Å². The van der Waals surface area contributed by atoms with Crippen molar-refractivity contribution in [2.24, 2.45) is 0 Å². The molecule has 0 radical (unpaired) electrons. The molecule has 2 aromatic heterocycles. The summed E-state index contributed by atoms with van der Waals surface area (Å²) in [7, 11) is 0. The van der Waals surface area contributed by atoms with Gasteiger partial charge in [0.2, 0.25) is 5.91 Å². The fourth-order valence-corrected chi connectivity index (χ4v) is 3.85. The SMILES string of the molecule is Cc1ccccc1-n1c(SCC(=O)Nc2cccc([N+](=O)[O-])c2)nnc1-c1cccnc1. The number of aromatic nitrogens is 4. The molecule has 1 amide bonds. The number of thioether (sulfide) groups is 1. The first-order chi connectivity index (χ1) is 15.5. The number of hydrogen-bond acceptors (Lipinski definition) is 7. The monoisotopic (exact) mass is 446 g/mol. The van der Waals surface area contributed by atoms with Crippen molar-refractivity contribution in [3.05, 3.63) is 88.7 Å². The molecule has 2 heterocycles. The molecule has 0 fully saturated rings. The highest BCUT2D eigenvalue weighted by Crippen LogP contribution is 2.29. The standard InChI is InChI=1S/C22H18N6O3S/c1-15-6-2-3-10-19(15)27-21(16-7-5-11-23-13-16)25-26-22(27)32-14-20(29)24-17-8-4-9-18(12-17)28(30)31/h2-13H,14H2,1H3,(H,24,29). The Hall–Kier alpha value is -4.05. The number of nitro groups is 1. The molecule has 10 heteroatoms. The van der Waals surface area contributed by atoms with Gasteiger partial charge in [0.15, 0.2) is 11.0 Å². The number of hydrogen-bond donors (Lipinski definition) is 1. The summed E-state index contributed by atoms with van der Waals surface area (Å²) in [5.41, 5.74) is 3.01. The van der Waals surface area contributed by atoms with Crippen molar-refractivity contribution in [1.82, 2.24) is 19.7 Å². The molecule has 0 saturated heterocycles. The maximum atomic E-state index is 12.5. The van der Waals surface area contributed by atoms with E-state index in [0.29, 0.717) is 16.7 Å². The van der Waals surface area contributed by atoms with Crippen LogP contribution >= 0.6 is 11.8 Å². The van der Waals surface area contributed by atoms with E-state index in [0.717, 1.165) is 16.8 Å². The summed E-state index contributed by atoms with van der Waals surface area (Å²) in [5, 5.41) is 22.8. The van der Waals surface area contributed by atoms with Gasteiger partial charge in [-0.25, -0.2) is 0 Å². The van der Waals surface area contributed by atoms with Gasteiger partial charge in [-0.1, -0.05) is 36.0 Å². The van der Waals surface area contributed by atoms with Gasteiger partial charge in [-0.15, -0.1) is 10.2 Å². The molecular weight excluding hydrogens is 428 g/mol. The third-order valence-corrected chi connectivity index (χ3v) is 5.51. The predicted molar refractivity (Wildman–Crippen MR) is 122 cm³/mol. The molecule has 0 aliphatic heterocycles. The Kier molecular flexibility index (Phi) is 6.22. The summed E-state index contributed by atoms with van der Waals surface area (Å²) in [5.74, 6) is 0.367. The minimum absolute atomic E-state index is 0.0553. The lowest BCUT2D eigenvalue weighted by Gasteiger charge is -2.12. The Labute approximate surface area is 187 Å². The number of carbonyl (C=O) groups excluding carboxylic acids is 1. The van der Waals surface area contributed by atoms with E-state index in [9.17, 15) is 14.9 Å².